The number of hydrogen-bond acceptors (Lipinski definition) is 2. The Balaban J connectivity index is 2.53. The summed E-state index contributed by atoms with van der Waals surface area (Å²) < 4.78 is 5.69. The lowest BCUT2D eigenvalue weighted by atomic mass is 9.92. The van der Waals surface area contributed by atoms with Crippen LogP contribution in [0.1, 0.15) is 37.3 Å². The van der Waals surface area contributed by atoms with Crippen LogP contribution in [0.2, 0.25) is 0 Å². The lowest BCUT2D eigenvalue weighted by Crippen LogP contribution is -2.11. The van der Waals surface area contributed by atoms with Crippen LogP contribution in [0.5, 0.6) is 5.75 Å². The average molecular weight is 232 g/mol. The maximum absolute atomic E-state index is 10.8. The molecule has 0 atom stereocenters. The summed E-state index contributed by atoms with van der Waals surface area (Å²) in [6.07, 6.45) is 1.94. The molecule has 17 heavy (non-hydrogen) atoms. The van der Waals surface area contributed by atoms with Gasteiger partial charge in [0, 0.05) is 18.1 Å². The Hall–Kier alpha value is -1.77. The lowest BCUT2D eigenvalue weighted by molar-refractivity contribution is -0.131. The second-order valence-corrected chi connectivity index (χ2v) is 4.48. The Morgan fingerprint density at radius 2 is 2.24 bits per heavy atom. The largest absolute Gasteiger partial charge is 0.492 e. The Morgan fingerprint density at radius 1 is 1.47 bits per heavy atom. The molecule has 3 heteroatoms. The van der Waals surface area contributed by atoms with E-state index in [0.717, 1.165) is 22.4 Å². The van der Waals surface area contributed by atoms with Crippen molar-refractivity contribution >= 4 is 11.5 Å². The molecule has 0 radical (unpaired) electrons. The summed E-state index contributed by atoms with van der Waals surface area (Å²) in [5.41, 5.74) is 2.91. The minimum absolute atomic E-state index is 0.370. The molecule has 0 bridgehead atoms. The molecule has 0 saturated heterocycles. The van der Waals surface area contributed by atoms with Crippen molar-refractivity contribution in [1.29, 1.82) is 0 Å². The number of ether oxygens (including phenoxy) is 1. The van der Waals surface area contributed by atoms with Gasteiger partial charge in [-0.15, -0.1) is 0 Å². The predicted molar refractivity (Wildman–Crippen MR) is 66.3 cm³/mol. The zero-order chi connectivity index (χ0) is 12.4. The van der Waals surface area contributed by atoms with Crippen molar-refractivity contribution < 1.29 is 14.6 Å². The van der Waals surface area contributed by atoms with Crippen LogP contribution in [0.15, 0.2) is 24.3 Å². The number of para-hydroxylation sites is 1. The Bertz CT molecular complexity index is 472. The molecular formula is C14H16O3. The molecule has 1 aromatic rings. The standard InChI is InChI=1S/C14H16O3/c1-9(2)11-4-3-5-12-10(8-13(15)16)6-7-17-14(11)12/h3-5,8-9H,6-7H2,1-2H3,(H,15,16)/b10-8+. The highest BCUT2D eigenvalue weighted by atomic mass is 16.5. The third-order valence-corrected chi connectivity index (χ3v) is 2.93. The molecule has 0 spiro atoms. The summed E-state index contributed by atoms with van der Waals surface area (Å²) in [7, 11) is 0. The topological polar surface area (TPSA) is 46.5 Å². The van der Waals surface area contributed by atoms with Crippen molar-refractivity contribution in [1.82, 2.24) is 0 Å². The van der Waals surface area contributed by atoms with E-state index in [2.05, 4.69) is 13.8 Å². The molecule has 0 aromatic heterocycles. The van der Waals surface area contributed by atoms with Crippen LogP contribution in [0, 0.1) is 0 Å². The molecular weight excluding hydrogens is 216 g/mol. The van der Waals surface area contributed by atoms with E-state index in [1.54, 1.807) is 0 Å². The number of carboxylic acids is 1. The third-order valence-electron chi connectivity index (χ3n) is 2.93. The highest BCUT2D eigenvalue weighted by Crippen LogP contribution is 2.38. The highest BCUT2D eigenvalue weighted by Gasteiger charge is 2.20. The van der Waals surface area contributed by atoms with E-state index in [4.69, 9.17) is 9.84 Å². The normalized spacial score (nSPS) is 16.8. The lowest BCUT2D eigenvalue weighted by Gasteiger charge is -2.23. The van der Waals surface area contributed by atoms with Crippen LogP contribution in [-0.4, -0.2) is 17.7 Å². The first-order valence-electron chi connectivity index (χ1n) is 5.79. The van der Waals surface area contributed by atoms with Crippen molar-refractivity contribution in [3.05, 3.63) is 35.4 Å². The van der Waals surface area contributed by atoms with Gasteiger partial charge in [-0.05, 0) is 17.1 Å². The molecule has 0 amide bonds. The average Bonchev–Trinajstić information content (AvgIpc) is 2.28. The van der Waals surface area contributed by atoms with Crippen molar-refractivity contribution in [3.63, 3.8) is 0 Å². The summed E-state index contributed by atoms with van der Waals surface area (Å²) in [5.74, 6) is 0.318. The molecule has 2 rings (SSSR count). The fourth-order valence-electron chi connectivity index (χ4n) is 2.12. The zero-order valence-corrected chi connectivity index (χ0v) is 10.1. The fraction of sp³-hybridized carbons (Fsp3) is 0.357. The molecule has 1 aromatic carbocycles. The van der Waals surface area contributed by atoms with Crippen LogP contribution in [0.3, 0.4) is 0 Å². The molecule has 0 aliphatic carbocycles. The van der Waals surface area contributed by atoms with Crippen LogP contribution < -0.4 is 4.74 Å². The van der Waals surface area contributed by atoms with Gasteiger partial charge >= 0.3 is 5.97 Å². The molecule has 0 fully saturated rings. The summed E-state index contributed by atoms with van der Waals surface area (Å²) in [5, 5.41) is 8.85. The highest BCUT2D eigenvalue weighted by molar-refractivity contribution is 5.91. The van der Waals surface area contributed by atoms with E-state index in [1.165, 1.54) is 6.08 Å². The van der Waals surface area contributed by atoms with Crippen molar-refractivity contribution in [3.8, 4) is 5.75 Å². The minimum atomic E-state index is -0.900. The molecule has 90 valence electrons. The van der Waals surface area contributed by atoms with E-state index < -0.39 is 5.97 Å². The number of fused-ring (bicyclic) bond motifs is 1. The molecule has 0 saturated carbocycles. The van der Waals surface area contributed by atoms with Crippen LogP contribution in [0.4, 0.5) is 0 Å². The summed E-state index contributed by atoms with van der Waals surface area (Å²) in [6, 6.07) is 5.92. The van der Waals surface area contributed by atoms with E-state index >= 15 is 0 Å². The van der Waals surface area contributed by atoms with E-state index in [-0.39, 0.29) is 0 Å². The van der Waals surface area contributed by atoms with Crippen LogP contribution >= 0.6 is 0 Å². The van der Waals surface area contributed by atoms with E-state index in [0.29, 0.717) is 18.9 Å². The Labute approximate surface area is 101 Å². The first-order valence-corrected chi connectivity index (χ1v) is 5.79. The first-order chi connectivity index (χ1) is 8.09. The second-order valence-electron chi connectivity index (χ2n) is 4.48. The SMILES string of the molecule is CC(C)c1cccc2c1OCC/C2=C\C(=O)O. The molecule has 1 heterocycles. The number of aliphatic carboxylic acids is 1. The van der Waals surface area contributed by atoms with Gasteiger partial charge in [-0.3, -0.25) is 0 Å². The Kier molecular flexibility index (Phi) is 3.18. The summed E-state index contributed by atoms with van der Waals surface area (Å²) in [6.45, 7) is 4.76. The predicted octanol–water partition coefficient (Wildman–Crippen LogP) is 3.06. The van der Waals surface area contributed by atoms with Gasteiger partial charge in [-0.25, -0.2) is 4.79 Å². The number of carboxylic acid groups (broad SMARTS) is 1. The first kappa shape index (κ1) is 11.7. The van der Waals surface area contributed by atoms with Gasteiger partial charge in [0.2, 0.25) is 0 Å². The monoisotopic (exact) mass is 232 g/mol. The summed E-state index contributed by atoms with van der Waals surface area (Å²) >= 11 is 0. The zero-order valence-electron chi connectivity index (χ0n) is 10.1. The number of hydrogen-bond donors (Lipinski definition) is 1. The minimum Gasteiger partial charge on any atom is -0.492 e. The number of benzene rings is 1. The van der Waals surface area contributed by atoms with Gasteiger partial charge in [0.1, 0.15) is 5.75 Å². The van der Waals surface area contributed by atoms with Crippen molar-refractivity contribution in [2.75, 3.05) is 6.61 Å². The smallest absolute Gasteiger partial charge is 0.328 e. The number of rotatable bonds is 2. The fourth-order valence-corrected chi connectivity index (χ4v) is 2.12. The molecule has 1 N–H and O–H groups in total. The summed E-state index contributed by atoms with van der Waals surface area (Å²) in [4.78, 5) is 10.8. The van der Waals surface area contributed by atoms with Crippen LogP contribution in [-0.2, 0) is 4.79 Å². The van der Waals surface area contributed by atoms with E-state index in [9.17, 15) is 4.79 Å². The molecule has 1 aliphatic heterocycles. The maximum atomic E-state index is 10.8. The van der Waals surface area contributed by atoms with Gasteiger partial charge < -0.3 is 9.84 Å². The van der Waals surface area contributed by atoms with E-state index in [1.807, 2.05) is 18.2 Å². The van der Waals surface area contributed by atoms with Gasteiger partial charge in [0.15, 0.2) is 0 Å². The Morgan fingerprint density at radius 3 is 2.88 bits per heavy atom. The maximum Gasteiger partial charge on any atom is 0.328 e. The van der Waals surface area contributed by atoms with Crippen LogP contribution in [0.25, 0.3) is 5.57 Å². The van der Waals surface area contributed by atoms with Gasteiger partial charge in [0.25, 0.3) is 0 Å². The third kappa shape index (κ3) is 2.33. The van der Waals surface area contributed by atoms with Crippen molar-refractivity contribution in [2.24, 2.45) is 0 Å². The van der Waals surface area contributed by atoms with Gasteiger partial charge in [-0.1, -0.05) is 32.0 Å². The quantitative estimate of drug-likeness (QED) is 0.797. The molecule has 1 aliphatic rings. The van der Waals surface area contributed by atoms with Gasteiger partial charge in [-0.2, -0.15) is 0 Å². The molecule has 0 unspecified atom stereocenters. The molecule has 3 nitrogen and oxygen atoms in total. The van der Waals surface area contributed by atoms with Crippen molar-refractivity contribution in [2.45, 2.75) is 26.2 Å². The van der Waals surface area contributed by atoms with Gasteiger partial charge in [0.05, 0.1) is 6.61 Å². The second kappa shape index (κ2) is 4.62. The number of carbonyl (C=O) groups is 1.